The summed E-state index contributed by atoms with van der Waals surface area (Å²) in [6.07, 6.45) is 7.25. The first-order valence-corrected chi connectivity index (χ1v) is 9.18. The van der Waals surface area contributed by atoms with Crippen molar-refractivity contribution >= 4 is 33.7 Å². The zero-order valence-corrected chi connectivity index (χ0v) is 14.8. The molecule has 0 bridgehead atoms. The molecule has 4 aromatic heterocycles. The summed E-state index contributed by atoms with van der Waals surface area (Å²) in [4.78, 5) is 26.1. The number of carbonyl (C=O) groups is 1. The van der Waals surface area contributed by atoms with Crippen molar-refractivity contribution in [2.75, 3.05) is 5.32 Å². The van der Waals surface area contributed by atoms with Crippen molar-refractivity contribution in [3.63, 3.8) is 0 Å². The van der Waals surface area contributed by atoms with Crippen LogP contribution in [0.4, 0.5) is 5.13 Å². The maximum Gasteiger partial charge on any atom is 0.269 e. The predicted molar refractivity (Wildman–Crippen MR) is 99.5 cm³/mol. The molecule has 0 radical (unpaired) electrons. The molecular weight excluding hydrogens is 354 g/mol. The topological polar surface area (TPSA) is 72.7 Å². The Kier molecular flexibility index (Phi) is 4.12. The molecule has 4 rings (SSSR count). The first kappa shape index (κ1) is 15.7. The largest absolute Gasteiger partial charge is 0.300 e. The van der Waals surface area contributed by atoms with Crippen molar-refractivity contribution in [2.24, 2.45) is 0 Å². The highest BCUT2D eigenvalue weighted by atomic mass is 32.1. The molecule has 4 aromatic rings. The number of hydrogen-bond donors (Lipinski definition) is 1. The van der Waals surface area contributed by atoms with Crippen LogP contribution < -0.4 is 5.32 Å². The van der Waals surface area contributed by atoms with E-state index in [4.69, 9.17) is 0 Å². The van der Waals surface area contributed by atoms with Crippen LogP contribution in [0.3, 0.4) is 0 Å². The molecule has 0 fully saturated rings. The van der Waals surface area contributed by atoms with Crippen LogP contribution in [0, 0.1) is 6.92 Å². The first-order valence-electron chi connectivity index (χ1n) is 7.49. The minimum Gasteiger partial charge on any atom is -0.300 e. The monoisotopic (exact) mass is 367 g/mol. The highest BCUT2D eigenvalue weighted by Gasteiger charge is 2.17. The van der Waals surface area contributed by atoms with Crippen molar-refractivity contribution < 1.29 is 4.79 Å². The van der Waals surface area contributed by atoms with Crippen LogP contribution >= 0.6 is 22.7 Å². The molecule has 8 heteroatoms. The first-order chi connectivity index (χ1) is 12.2. The van der Waals surface area contributed by atoms with Gasteiger partial charge in [-0.3, -0.25) is 15.1 Å². The van der Waals surface area contributed by atoms with Crippen molar-refractivity contribution in [1.29, 1.82) is 0 Å². The maximum atomic E-state index is 12.6. The van der Waals surface area contributed by atoms with Crippen LogP contribution in [0.5, 0.6) is 0 Å². The third kappa shape index (κ3) is 3.21. The second-order valence-corrected chi connectivity index (χ2v) is 7.06. The lowest BCUT2D eigenvalue weighted by molar-refractivity contribution is 0.103. The van der Waals surface area contributed by atoms with Gasteiger partial charge in [-0.25, -0.2) is 9.97 Å². The third-order valence-corrected chi connectivity index (χ3v) is 5.44. The predicted octanol–water partition coefficient (Wildman–Crippen LogP) is 4.01. The van der Waals surface area contributed by atoms with E-state index in [0.717, 1.165) is 16.4 Å². The van der Waals surface area contributed by atoms with Gasteiger partial charge in [0.05, 0.1) is 11.4 Å². The van der Waals surface area contributed by atoms with Gasteiger partial charge in [0.15, 0.2) is 10.3 Å². The second-order valence-electron chi connectivity index (χ2n) is 5.23. The molecular formula is C17H13N5OS2. The normalized spacial score (nSPS) is 10.8. The third-order valence-electron chi connectivity index (χ3n) is 3.52. The molecule has 0 aliphatic heterocycles. The summed E-state index contributed by atoms with van der Waals surface area (Å²) in [5.41, 5.74) is 2.49. The Balaban J connectivity index is 1.54. The summed E-state index contributed by atoms with van der Waals surface area (Å²) in [5, 5.41) is 6.10. The molecule has 0 spiro atoms. The Morgan fingerprint density at radius 2 is 1.92 bits per heavy atom. The molecule has 0 aromatic carbocycles. The van der Waals surface area contributed by atoms with Crippen molar-refractivity contribution in [3.8, 4) is 16.4 Å². The molecule has 0 atom stereocenters. The molecule has 124 valence electrons. The Hall–Kier alpha value is -2.84. The average Bonchev–Trinajstić information content (AvgIpc) is 3.35. The fourth-order valence-electron chi connectivity index (χ4n) is 2.31. The second kappa shape index (κ2) is 6.58. The Morgan fingerprint density at radius 1 is 1.16 bits per heavy atom. The Morgan fingerprint density at radius 3 is 2.68 bits per heavy atom. The zero-order chi connectivity index (χ0) is 17.2. The molecule has 0 saturated heterocycles. The number of anilines is 1. The van der Waals surface area contributed by atoms with Crippen LogP contribution in [0.1, 0.15) is 15.4 Å². The minimum absolute atomic E-state index is 0.191. The number of hydrogen-bond acceptors (Lipinski definition) is 6. The number of nitrogens with zero attached hydrogens (tertiary/aromatic N) is 4. The van der Waals surface area contributed by atoms with Gasteiger partial charge in [0, 0.05) is 35.7 Å². The smallest absolute Gasteiger partial charge is 0.269 e. The molecule has 6 nitrogen and oxygen atoms in total. The summed E-state index contributed by atoms with van der Waals surface area (Å²) in [7, 11) is 0. The summed E-state index contributed by atoms with van der Waals surface area (Å²) in [6, 6.07) is 7.62. The Labute approximate surface area is 151 Å². The molecule has 1 N–H and O–H groups in total. The van der Waals surface area contributed by atoms with E-state index in [-0.39, 0.29) is 5.91 Å². The van der Waals surface area contributed by atoms with Gasteiger partial charge in [0.2, 0.25) is 0 Å². The minimum atomic E-state index is -0.191. The van der Waals surface area contributed by atoms with E-state index in [1.54, 1.807) is 12.4 Å². The van der Waals surface area contributed by atoms with E-state index in [2.05, 4.69) is 20.3 Å². The average molecular weight is 367 g/mol. The van der Waals surface area contributed by atoms with E-state index in [1.807, 2.05) is 53.5 Å². The van der Waals surface area contributed by atoms with Crippen LogP contribution in [0.15, 0.2) is 54.4 Å². The van der Waals surface area contributed by atoms with Gasteiger partial charge in [0.1, 0.15) is 4.88 Å². The number of carbonyl (C=O) groups excluding carboxylic acids is 1. The summed E-state index contributed by atoms with van der Waals surface area (Å²) in [6.45, 7) is 1.84. The lowest BCUT2D eigenvalue weighted by Crippen LogP contribution is -2.11. The van der Waals surface area contributed by atoms with Gasteiger partial charge in [-0.05, 0) is 31.2 Å². The van der Waals surface area contributed by atoms with Gasteiger partial charge in [-0.2, -0.15) is 0 Å². The van der Waals surface area contributed by atoms with E-state index in [1.165, 1.54) is 22.7 Å². The fraction of sp³-hybridized carbons (Fsp3) is 0.0588. The summed E-state index contributed by atoms with van der Waals surface area (Å²) < 4.78 is 1.89. The number of thiazole rings is 2. The standard InChI is InChI=1S/C17H13N5OS2/c1-11-14(25-17(19-11)22-8-2-3-9-22)15(23)21-16-20-13(10-24-16)12-4-6-18-7-5-12/h2-10H,1H3,(H,20,21,23). The fourth-order valence-corrected chi connectivity index (χ4v) is 3.95. The molecule has 0 aliphatic rings. The molecule has 0 saturated carbocycles. The SMILES string of the molecule is Cc1nc(-n2cccc2)sc1C(=O)Nc1nc(-c2ccncc2)cs1. The number of amides is 1. The van der Waals surface area contributed by atoms with E-state index in [0.29, 0.717) is 15.7 Å². The highest BCUT2D eigenvalue weighted by molar-refractivity contribution is 7.16. The van der Waals surface area contributed by atoms with E-state index in [9.17, 15) is 4.79 Å². The summed E-state index contributed by atoms with van der Waals surface area (Å²) in [5.74, 6) is -0.191. The van der Waals surface area contributed by atoms with Crippen LogP contribution in [0.25, 0.3) is 16.4 Å². The Bertz CT molecular complexity index is 1010. The van der Waals surface area contributed by atoms with Gasteiger partial charge in [-0.15, -0.1) is 11.3 Å². The van der Waals surface area contributed by atoms with Crippen LogP contribution in [-0.4, -0.2) is 25.4 Å². The number of pyridine rings is 1. The van der Waals surface area contributed by atoms with Crippen molar-refractivity contribution in [3.05, 3.63) is 65.0 Å². The quantitative estimate of drug-likeness (QED) is 0.591. The highest BCUT2D eigenvalue weighted by Crippen LogP contribution is 2.26. The van der Waals surface area contributed by atoms with E-state index >= 15 is 0 Å². The lowest BCUT2D eigenvalue weighted by atomic mass is 10.2. The maximum absolute atomic E-state index is 12.6. The van der Waals surface area contributed by atoms with Gasteiger partial charge >= 0.3 is 0 Å². The molecule has 25 heavy (non-hydrogen) atoms. The molecule has 1 amide bonds. The zero-order valence-electron chi connectivity index (χ0n) is 13.2. The number of nitrogens with one attached hydrogen (secondary N) is 1. The lowest BCUT2D eigenvalue weighted by Gasteiger charge is -1.99. The van der Waals surface area contributed by atoms with Crippen molar-refractivity contribution in [1.82, 2.24) is 19.5 Å². The van der Waals surface area contributed by atoms with Gasteiger partial charge in [-0.1, -0.05) is 11.3 Å². The number of aryl methyl sites for hydroxylation is 1. The molecule has 0 unspecified atom stereocenters. The van der Waals surface area contributed by atoms with Gasteiger partial charge in [0.25, 0.3) is 5.91 Å². The molecule has 0 aliphatic carbocycles. The van der Waals surface area contributed by atoms with Gasteiger partial charge < -0.3 is 4.57 Å². The van der Waals surface area contributed by atoms with Crippen LogP contribution in [-0.2, 0) is 0 Å². The number of aromatic nitrogens is 4. The number of rotatable bonds is 4. The van der Waals surface area contributed by atoms with Crippen molar-refractivity contribution in [2.45, 2.75) is 6.92 Å². The summed E-state index contributed by atoms with van der Waals surface area (Å²) >= 11 is 2.75. The molecule has 4 heterocycles. The van der Waals surface area contributed by atoms with E-state index < -0.39 is 0 Å². The van der Waals surface area contributed by atoms with Crippen LogP contribution in [0.2, 0.25) is 0 Å².